The van der Waals surface area contributed by atoms with Gasteiger partial charge < -0.3 is 9.47 Å². The normalized spacial score (nSPS) is 12.6. The van der Waals surface area contributed by atoms with Crippen LogP contribution in [0, 0.1) is 17.8 Å². The summed E-state index contributed by atoms with van der Waals surface area (Å²) in [6.07, 6.45) is 4.07. The number of esters is 2. The first kappa shape index (κ1) is 23.7. The molecule has 0 amide bonds. The third-order valence-electron chi connectivity index (χ3n) is 3.60. The van der Waals surface area contributed by atoms with Gasteiger partial charge in [0, 0.05) is 11.1 Å². The lowest BCUT2D eigenvalue weighted by molar-refractivity contribution is -0.143. The minimum Gasteiger partial charge on any atom is -0.462 e. The Hall–Kier alpha value is -1.32. The van der Waals surface area contributed by atoms with Crippen LogP contribution in [-0.4, -0.2) is 25.2 Å². The summed E-state index contributed by atoms with van der Waals surface area (Å²) in [5.74, 6) is 0.0704. The highest BCUT2D eigenvalue weighted by Crippen LogP contribution is 2.23. The fourth-order valence-electron chi connectivity index (χ4n) is 2.32. The Morgan fingerprint density at radius 2 is 1.20 bits per heavy atom. The van der Waals surface area contributed by atoms with E-state index >= 15 is 0 Å². The average Bonchev–Trinajstić information content (AvgIpc) is 2.52. The summed E-state index contributed by atoms with van der Waals surface area (Å²) in [6.45, 7) is 14.9. The molecule has 0 rings (SSSR count). The van der Waals surface area contributed by atoms with Crippen LogP contribution >= 0.6 is 0 Å². The molecular formula is C21H38O4. The second kappa shape index (κ2) is 13.0. The number of hydrogen-bond acceptors (Lipinski definition) is 4. The van der Waals surface area contributed by atoms with Crippen molar-refractivity contribution >= 4 is 11.9 Å². The molecule has 0 spiro atoms. The van der Waals surface area contributed by atoms with Gasteiger partial charge in [-0.3, -0.25) is 0 Å². The van der Waals surface area contributed by atoms with E-state index in [1.54, 1.807) is 0 Å². The quantitative estimate of drug-likeness (QED) is 0.271. The number of carbonyl (C=O) groups excluding carboxylic acids is 2. The molecule has 4 nitrogen and oxygen atoms in total. The van der Waals surface area contributed by atoms with Crippen LogP contribution in [0.1, 0.15) is 80.6 Å². The number of unbranched alkanes of at least 4 members (excludes halogenated alkanes) is 2. The minimum atomic E-state index is -0.365. The topological polar surface area (TPSA) is 52.6 Å². The van der Waals surface area contributed by atoms with E-state index in [-0.39, 0.29) is 29.7 Å². The van der Waals surface area contributed by atoms with E-state index in [0.717, 1.165) is 19.3 Å². The molecule has 0 saturated heterocycles. The largest absolute Gasteiger partial charge is 0.462 e. The van der Waals surface area contributed by atoms with Crippen molar-refractivity contribution in [1.82, 2.24) is 0 Å². The Labute approximate surface area is 154 Å². The summed E-state index contributed by atoms with van der Waals surface area (Å²) in [7, 11) is 0. The Morgan fingerprint density at radius 3 is 1.60 bits per heavy atom. The molecule has 0 radical (unpaired) electrons. The van der Waals surface area contributed by atoms with Gasteiger partial charge in [-0.05, 0) is 37.0 Å². The van der Waals surface area contributed by atoms with Gasteiger partial charge in [0.1, 0.15) is 0 Å². The Kier molecular flexibility index (Phi) is 12.3. The van der Waals surface area contributed by atoms with Crippen molar-refractivity contribution in [3.63, 3.8) is 0 Å². The summed E-state index contributed by atoms with van der Waals surface area (Å²) in [5, 5.41) is 0. The second-order valence-corrected chi connectivity index (χ2v) is 8.00. The van der Waals surface area contributed by atoms with Crippen LogP contribution in [-0.2, 0) is 19.1 Å². The van der Waals surface area contributed by atoms with Crippen molar-refractivity contribution in [3.05, 3.63) is 11.1 Å². The molecule has 0 N–H and O–H groups in total. The highest BCUT2D eigenvalue weighted by Gasteiger charge is 2.24. The molecular weight excluding hydrogens is 316 g/mol. The SMILES string of the molecule is CCCCC/C(C(=O)OCC(C)C)=C(\CC(C)C)C(=O)OCC(C)C. The van der Waals surface area contributed by atoms with E-state index in [4.69, 9.17) is 9.47 Å². The average molecular weight is 355 g/mol. The molecule has 25 heavy (non-hydrogen) atoms. The summed E-state index contributed by atoms with van der Waals surface area (Å²) in [4.78, 5) is 25.2. The number of carbonyl (C=O) groups is 2. The van der Waals surface area contributed by atoms with E-state index in [0.29, 0.717) is 37.2 Å². The lowest BCUT2D eigenvalue weighted by atomic mass is 9.94. The standard InChI is InChI=1S/C21H38O4/c1-8-9-10-11-18(20(22)24-13-16(4)5)19(12-15(2)3)21(23)25-14-17(6)7/h15-17H,8-14H2,1-7H3/b19-18-. The Morgan fingerprint density at radius 1 is 0.720 bits per heavy atom. The highest BCUT2D eigenvalue weighted by molar-refractivity contribution is 6.00. The zero-order chi connectivity index (χ0) is 19.4. The third kappa shape index (κ3) is 11.0. The summed E-state index contributed by atoms with van der Waals surface area (Å²) in [5.41, 5.74) is 1.01. The van der Waals surface area contributed by atoms with Crippen molar-refractivity contribution in [1.29, 1.82) is 0 Å². The van der Waals surface area contributed by atoms with Gasteiger partial charge in [-0.15, -0.1) is 0 Å². The van der Waals surface area contributed by atoms with Crippen molar-refractivity contribution in [2.75, 3.05) is 13.2 Å². The molecule has 0 aliphatic heterocycles. The maximum atomic E-state index is 12.6. The monoisotopic (exact) mass is 354 g/mol. The maximum Gasteiger partial charge on any atom is 0.334 e. The molecule has 0 saturated carbocycles. The van der Waals surface area contributed by atoms with Gasteiger partial charge in [0.05, 0.1) is 13.2 Å². The van der Waals surface area contributed by atoms with Crippen LogP contribution in [0.5, 0.6) is 0 Å². The molecule has 0 aromatic carbocycles. The molecule has 0 fully saturated rings. The highest BCUT2D eigenvalue weighted by atomic mass is 16.5. The zero-order valence-corrected chi connectivity index (χ0v) is 17.3. The summed E-state index contributed by atoms with van der Waals surface area (Å²) in [6, 6.07) is 0. The Bertz CT molecular complexity index is 433. The van der Waals surface area contributed by atoms with Crippen LogP contribution in [0.15, 0.2) is 11.1 Å². The fraction of sp³-hybridized carbons (Fsp3) is 0.810. The second-order valence-electron chi connectivity index (χ2n) is 8.00. The van der Waals surface area contributed by atoms with Gasteiger partial charge in [-0.25, -0.2) is 9.59 Å². The molecule has 0 aromatic heterocycles. The number of ether oxygens (including phenoxy) is 2. The predicted molar refractivity (Wildman–Crippen MR) is 102 cm³/mol. The lowest BCUT2D eigenvalue weighted by Crippen LogP contribution is -2.20. The summed E-state index contributed by atoms with van der Waals surface area (Å²) < 4.78 is 10.9. The molecule has 0 atom stereocenters. The van der Waals surface area contributed by atoms with Crippen molar-refractivity contribution in [2.24, 2.45) is 17.8 Å². The van der Waals surface area contributed by atoms with Gasteiger partial charge in [-0.1, -0.05) is 61.3 Å². The van der Waals surface area contributed by atoms with Crippen LogP contribution in [0.4, 0.5) is 0 Å². The van der Waals surface area contributed by atoms with Crippen LogP contribution in [0.2, 0.25) is 0 Å². The van der Waals surface area contributed by atoms with Crippen LogP contribution < -0.4 is 0 Å². The van der Waals surface area contributed by atoms with Crippen molar-refractivity contribution < 1.29 is 19.1 Å². The smallest absolute Gasteiger partial charge is 0.334 e. The van der Waals surface area contributed by atoms with Gasteiger partial charge in [0.25, 0.3) is 0 Å². The molecule has 0 aliphatic rings. The molecule has 0 heterocycles. The molecule has 4 heteroatoms. The third-order valence-corrected chi connectivity index (χ3v) is 3.60. The zero-order valence-electron chi connectivity index (χ0n) is 17.3. The first-order chi connectivity index (χ1) is 11.7. The van der Waals surface area contributed by atoms with Gasteiger partial charge in [0.2, 0.25) is 0 Å². The van der Waals surface area contributed by atoms with Gasteiger partial charge in [0.15, 0.2) is 0 Å². The van der Waals surface area contributed by atoms with Gasteiger partial charge >= 0.3 is 11.9 Å². The van der Waals surface area contributed by atoms with E-state index in [1.807, 2.05) is 41.5 Å². The molecule has 0 bridgehead atoms. The van der Waals surface area contributed by atoms with Crippen molar-refractivity contribution in [3.8, 4) is 0 Å². The van der Waals surface area contributed by atoms with Crippen LogP contribution in [0.25, 0.3) is 0 Å². The van der Waals surface area contributed by atoms with Gasteiger partial charge in [-0.2, -0.15) is 0 Å². The van der Waals surface area contributed by atoms with E-state index in [2.05, 4.69) is 6.92 Å². The molecule has 146 valence electrons. The first-order valence-corrected chi connectivity index (χ1v) is 9.75. The number of hydrogen-bond donors (Lipinski definition) is 0. The predicted octanol–water partition coefficient (Wildman–Crippen LogP) is 5.31. The molecule has 0 aliphatic carbocycles. The van der Waals surface area contributed by atoms with E-state index in [1.165, 1.54) is 0 Å². The van der Waals surface area contributed by atoms with E-state index < -0.39 is 0 Å². The fourth-order valence-corrected chi connectivity index (χ4v) is 2.32. The first-order valence-electron chi connectivity index (χ1n) is 9.75. The summed E-state index contributed by atoms with van der Waals surface area (Å²) >= 11 is 0. The van der Waals surface area contributed by atoms with Crippen molar-refractivity contribution in [2.45, 2.75) is 80.6 Å². The molecule has 0 unspecified atom stereocenters. The minimum absolute atomic E-state index is 0.265. The van der Waals surface area contributed by atoms with E-state index in [9.17, 15) is 9.59 Å². The number of rotatable bonds is 12. The Balaban J connectivity index is 5.51. The maximum absolute atomic E-state index is 12.6. The lowest BCUT2D eigenvalue weighted by Gasteiger charge is -2.17. The van der Waals surface area contributed by atoms with Crippen LogP contribution in [0.3, 0.4) is 0 Å². The molecule has 0 aromatic rings.